The van der Waals surface area contributed by atoms with E-state index in [2.05, 4.69) is 15.4 Å². The molecule has 0 radical (unpaired) electrons. The molecule has 3 amide bonds. The number of nitrogens with zero attached hydrogens (tertiary/aromatic N) is 1. The molecule has 0 bridgehead atoms. The Hall–Kier alpha value is -2.77. The summed E-state index contributed by atoms with van der Waals surface area (Å²) in [7, 11) is 1.27. The molecule has 0 aliphatic carbocycles. The number of nitrogens with one attached hydrogen (secondary N) is 2. The molecular weight excluding hydrogens is 326 g/mol. The predicted octanol–water partition coefficient (Wildman–Crippen LogP) is 0.872. The van der Waals surface area contributed by atoms with Crippen molar-refractivity contribution < 1.29 is 23.9 Å². The molecule has 2 N–H and O–H groups in total. The number of piperidine rings is 1. The quantitative estimate of drug-likeness (QED) is 0.774. The third-order valence-corrected chi connectivity index (χ3v) is 4.53. The number of likely N-dealkylation sites (tertiary alicyclic amines) is 1. The number of amides is 3. The fraction of sp³-hybridized carbons (Fsp3) is 0.471. The Bertz CT molecular complexity index is 697. The molecule has 0 saturated carbocycles. The lowest BCUT2D eigenvalue weighted by molar-refractivity contribution is -0.142. The minimum Gasteiger partial charge on any atom is -0.467 e. The van der Waals surface area contributed by atoms with Gasteiger partial charge in [-0.25, -0.2) is 9.59 Å². The summed E-state index contributed by atoms with van der Waals surface area (Å²) in [5.74, 6) is -0.108. The van der Waals surface area contributed by atoms with Gasteiger partial charge in [0, 0.05) is 25.9 Å². The first kappa shape index (κ1) is 17.1. The van der Waals surface area contributed by atoms with Gasteiger partial charge in [0.05, 0.1) is 12.7 Å². The number of rotatable bonds is 2. The highest BCUT2D eigenvalue weighted by Gasteiger charge is 2.43. The molecule has 134 valence electrons. The molecule has 1 fully saturated rings. The summed E-state index contributed by atoms with van der Waals surface area (Å²) in [5.41, 5.74) is -0.281. The van der Waals surface area contributed by atoms with E-state index in [1.54, 1.807) is 30.0 Å². The van der Waals surface area contributed by atoms with Crippen LogP contribution in [0.2, 0.25) is 0 Å². The Morgan fingerprint density at radius 3 is 2.68 bits per heavy atom. The average Bonchev–Trinajstić information content (AvgIpc) is 2.61. The molecule has 2 aliphatic heterocycles. The van der Waals surface area contributed by atoms with Crippen molar-refractivity contribution in [3.05, 3.63) is 29.8 Å². The summed E-state index contributed by atoms with van der Waals surface area (Å²) in [4.78, 5) is 37.5. The lowest BCUT2D eigenvalue weighted by atomic mass is 9.97. The van der Waals surface area contributed by atoms with Crippen LogP contribution in [0.3, 0.4) is 0 Å². The molecule has 2 heterocycles. The van der Waals surface area contributed by atoms with E-state index in [1.165, 1.54) is 7.11 Å². The van der Waals surface area contributed by atoms with Crippen LogP contribution < -0.4 is 15.4 Å². The van der Waals surface area contributed by atoms with Crippen LogP contribution in [-0.2, 0) is 9.53 Å². The van der Waals surface area contributed by atoms with Crippen LogP contribution in [0, 0.1) is 0 Å². The molecule has 1 aromatic carbocycles. The number of fused-ring (bicyclic) bond motifs is 1. The van der Waals surface area contributed by atoms with Gasteiger partial charge in [-0.1, -0.05) is 12.1 Å². The maximum atomic E-state index is 12.3. The second-order valence-electron chi connectivity index (χ2n) is 6.23. The Morgan fingerprint density at radius 2 is 2.00 bits per heavy atom. The zero-order valence-electron chi connectivity index (χ0n) is 14.2. The Balaban J connectivity index is 1.62. The molecule has 1 spiro atoms. The van der Waals surface area contributed by atoms with E-state index in [0.717, 1.165) is 0 Å². The van der Waals surface area contributed by atoms with Crippen LogP contribution in [0.5, 0.6) is 5.75 Å². The molecule has 2 aliphatic rings. The SMILES string of the molecule is COC(=O)[C@@H](C)NC(=O)N1CCC2(CC1)NC(=O)c1ccccc1O2. The van der Waals surface area contributed by atoms with Gasteiger partial charge in [-0.3, -0.25) is 4.79 Å². The molecule has 1 saturated heterocycles. The molecule has 0 aromatic heterocycles. The van der Waals surface area contributed by atoms with Crippen LogP contribution in [0.4, 0.5) is 4.79 Å². The first-order valence-corrected chi connectivity index (χ1v) is 8.18. The number of ether oxygens (including phenoxy) is 2. The van der Waals surface area contributed by atoms with Crippen LogP contribution in [0.15, 0.2) is 24.3 Å². The largest absolute Gasteiger partial charge is 0.467 e. The van der Waals surface area contributed by atoms with Crippen molar-refractivity contribution in [3.8, 4) is 5.75 Å². The highest BCUT2D eigenvalue weighted by Crippen LogP contribution is 2.33. The summed E-state index contributed by atoms with van der Waals surface area (Å²) in [5, 5.41) is 5.52. The molecule has 3 rings (SSSR count). The van der Waals surface area contributed by atoms with E-state index in [1.807, 2.05) is 6.07 Å². The van der Waals surface area contributed by atoms with Crippen LogP contribution >= 0.6 is 0 Å². The van der Waals surface area contributed by atoms with Gasteiger partial charge in [-0.15, -0.1) is 0 Å². The van der Waals surface area contributed by atoms with Gasteiger partial charge in [0.1, 0.15) is 11.8 Å². The van der Waals surface area contributed by atoms with Crippen LogP contribution in [0.25, 0.3) is 0 Å². The third kappa shape index (κ3) is 3.38. The second-order valence-corrected chi connectivity index (χ2v) is 6.23. The number of carbonyl (C=O) groups is 3. The maximum Gasteiger partial charge on any atom is 0.328 e. The summed E-state index contributed by atoms with van der Waals surface area (Å²) >= 11 is 0. The lowest BCUT2D eigenvalue weighted by Gasteiger charge is -2.44. The van der Waals surface area contributed by atoms with Gasteiger partial charge in [0.25, 0.3) is 5.91 Å². The number of hydrogen-bond acceptors (Lipinski definition) is 5. The van der Waals surface area contributed by atoms with E-state index in [-0.39, 0.29) is 11.9 Å². The average molecular weight is 347 g/mol. The molecule has 8 heteroatoms. The minimum absolute atomic E-state index is 0.168. The van der Waals surface area contributed by atoms with Crippen molar-refractivity contribution >= 4 is 17.9 Å². The van der Waals surface area contributed by atoms with E-state index < -0.39 is 17.7 Å². The molecule has 8 nitrogen and oxygen atoms in total. The van der Waals surface area contributed by atoms with Gasteiger partial charge >= 0.3 is 12.0 Å². The normalized spacial score (nSPS) is 19.3. The number of para-hydroxylation sites is 1. The second kappa shape index (κ2) is 6.62. The van der Waals surface area contributed by atoms with Gasteiger partial charge < -0.3 is 25.0 Å². The molecule has 1 aromatic rings. The molecule has 0 unspecified atom stereocenters. The zero-order chi connectivity index (χ0) is 18.0. The van der Waals surface area contributed by atoms with Gasteiger partial charge in [0.2, 0.25) is 0 Å². The number of hydrogen-bond donors (Lipinski definition) is 2. The monoisotopic (exact) mass is 347 g/mol. The number of urea groups is 1. The van der Waals surface area contributed by atoms with E-state index in [4.69, 9.17) is 4.74 Å². The van der Waals surface area contributed by atoms with Gasteiger partial charge in [-0.2, -0.15) is 0 Å². The Morgan fingerprint density at radius 1 is 1.32 bits per heavy atom. The highest BCUT2D eigenvalue weighted by atomic mass is 16.5. The Labute approximate surface area is 145 Å². The number of benzene rings is 1. The summed E-state index contributed by atoms with van der Waals surface area (Å²) in [6.07, 6.45) is 0.931. The topological polar surface area (TPSA) is 97.0 Å². The first-order chi connectivity index (χ1) is 11.9. The predicted molar refractivity (Wildman–Crippen MR) is 88.1 cm³/mol. The van der Waals surface area contributed by atoms with Crippen molar-refractivity contribution in [2.75, 3.05) is 20.2 Å². The fourth-order valence-electron chi connectivity index (χ4n) is 3.06. The zero-order valence-corrected chi connectivity index (χ0v) is 14.2. The fourth-order valence-corrected chi connectivity index (χ4v) is 3.06. The lowest BCUT2D eigenvalue weighted by Crippen LogP contribution is -2.62. The minimum atomic E-state index is -0.795. The number of methoxy groups -OCH3 is 1. The van der Waals surface area contributed by atoms with Crippen molar-refractivity contribution in [2.24, 2.45) is 0 Å². The van der Waals surface area contributed by atoms with Crippen LogP contribution in [-0.4, -0.2) is 54.8 Å². The van der Waals surface area contributed by atoms with E-state index in [0.29, 0.717) is 37.2 Å². The first-order valence-electron chi connectivity index (χ1n) is 8.18. The molecular formula is C17H21N3O5. The van der Waals surface area contributed by atoms with Gasteiger partial charge in [0.15, 0.2) is 5.72 Å². The summed E-state index contributed by atoms with van der Waals surface area (Å²) in [6.45, 7) is 2.38. The van der Waals surface area contributed by atoms with Crippen LogP contribution in [0.1, 0.15) is 30.1 Å². The van der Waals surface area contributed by atoms with Crippen molar-refractivity contribution in [2.45, 2.75) is 31.5 Å². The maximum absolute atomic E-state index is 12.3. The van der Waals surface area contributed by atoms with Crippen molar-refractivity contribution in [3.63, 3.8) is 0 Å². The van der Waals surface area contributed by atoms with Crippen molar-refractivity contribution in [1.82, 2.24) is 15.5 Å². The number of carbonyl (C=O) groups excluding carboxylic acids is 3. The van der Waals surface area contributed by atoms with E-state index in [9.17, 15) is 14.4 Å². The summed E-state index contributed by atoms with van der Waals surface area (Å²) in [6, 6.07) is 6.04. The molecule has 1 atom stereocenters. The molecule has 25 heavy (non-hydrogen) atoms. The highest BCUT2D eigenvalue weighted by molar-refractivity contribution is 5.98. The summed E-state index contributed by atoms with van der Waals surface area (Å²) < 4.78 is 10.6. The van der Waals surface area contributed by atoms with E-state index >= 15 is 0 Å². The number of esters is 1. The van der Waals surface area contributed by atoms with Gasteiger partial charge in [-0.05, 0) is 19.1 Å². The third-order valence-electron chi connectivity index (χ3n) is 4.53. The van der Waals surface area contributed by atoms with Crippen molar-refractivity contribution in [1.29, 1.82) is 0 Å². The standard InChI is InChI=1S/C17H21N3O5/c1-11(15(22)24-2)18-16(23)20-9-7-17(8-10-20)19-14(21)12-5-3-4-6-13(12)25-17/h3-6,11H,7-10H2,1-2H3,(H,18,23)(H,19,21)/t11-/m1/s1. The Kier molecular flexibility index (Phi) is 4.52. The smallest absolute Gasteiger partial charge is 0.328 e.